The first-order chi connectivity index (χ1) is 3.13. The van der Waals surface area contributed by atoms with Crippen molar-refractivity contribution in [1.82, 2.24) is 0 Å². The number of ether oxygens (including phenoxy) is 1. The van der Waals surface area contributed by atoms with Crippen LogP contribution in [0.1, 0.15) is 13.8 Å². The molecule has 41 valence electrons. The SMILES string of the molecule is C[C](I)OC(C)=O. The molecule has 0 heterocycles. The van der Waals surface area contributed by atoms with E-state index in [0.717, 1.165) is 0 Å². The molecule has 0 unspecified atom stereocenters. The maximum Gasteiger partial charge on any atom is 0.304 e. The van der Waals surface area contributed by atoms with E-state index in [1.165, 1.54) is 6.92 Å². The molecule has 2 nitrogen and oxygen atoms in total. The predicted molar refractivity (Wildman–Crippen MR) is 34.7 cm³/mol. The van der Waals surface area contributed by atoms with Crippen molar-refractivity contribution < 1.29 is 9.53 Å². The van der Waals surface area contributed by atoms with Crippen molar-refractivity contribution in [1.29, 1.82) is 0 Å². The van der Waals surface area contributed by atoms with Crippen LogP contribution in [0.4, 0.5) is 0 Å². The van der Waals surface area contributed by atoms with Crippen molar-refractivity contribution >= 4 is 28.6 Å². The zero-order valence-corrected chi connectivity index (χ0v) is 6.35. The third kappa shape index (κ3) is 6.20. The minimum absolute atomic E-state index is 0.257. The molecule has 1 radical (unpaired) electrons. The summed E-state index contributed by atoms with van der Waals surface area (Å²) in [7, 11) is 0. The van der Waals surface area contributed by atoms with Crippen LogP contribution >= 0.6 is 22.6 Å². The maximum atomic E-state index is 10.0. The third-order valence-electron chi connectivity index (χ3n) is 0.284. The molecule has 0 aliphatic rings. The zero-order valence-electron chi connectivity index (χ0n) is 4.19. The molecule has 0 saturated carbocycles. The van der Waals surface area contributed by atoms with E-state index >= 15 is 0 Å². The van der Waals surface area contributed by atoms with Gasteiger partial charge >= 0.3 is 5.97 Å². The fraction of sp³-hybridized carbons (Fsp3) is 0.500. The lowest BCUT2D eigenvalue weighted by atomic mass is 10.8. The Balaban J connectivity index is 3.13. The Morgan fingerprint density at radius 3 is 2.00 bits per heavy atom. The summed E-state index contributed by atoms with van der Waals surface area (Å²) in [4.78, 5) is 10.0. The lowest BCUT2D eigenvalue weighted by Gasteiger charge is -1.97. The van der Waals surface area contributed by atoms with E-state index in [1.54, 1.807) is 6.92 Å². The average Bonchev–Trinajstić information content (AvgIpc) is 1.27. The van der Waals surface area contributed by atoms with Gasteiger partial charge in [-0.15, -0.1) is 0 Å². The second-order valence-corrected chi connectivity index (χ2v) is 2.58. The molecule has 0 saturated heterocycles. The van der Waals surface area contributed by atoms with Gasteiger partial charge in [0.15, 0.2) is 0 Å². The van der Waals surface area contributed by atoms with Gasteiger partial charge in [-0.1, -0.05) is 0 Å². The van der Waals surface area contributed by atoms with E-state index in [2.05, 4.69) is 4.74 Å². The van der Waals surface area contributed by atoms with E-state index in [-0.39, 0.29) is 5.97 Å². The lowest BCUT2D eigenvalue weighted by molar-refractivity contribution is -0.137. The normalized spacial score (nSPS) is 9.14. The quantitative estimate of drug-likeness (QED) is 0.487. The fourth-order valence-electron chi connectivity index (χ4n) is 0.198. The van der Waals surface area contributed by atoms with Crippen LogP contribution in [-0.2, 0) is 9.53 Å². The van der Waals surface area contributed by atoms with Crippen LogP contribution in [0.25, 0.3) is 0 Å². The smallest absolute Gasteiger partial charge is 0.304 e. The summed E-state index contributed by atoms with van der Waals surface area (Å²) in [5.74, 6) is -0.257. The molecule has 0 aromatic heterocycles. The zero-order chi connectivity index (χ0) is 5.86. The molecule has 0 bridgehead atoms. The van der Waals surface area contributed by atoms with Gasteiger partial charge in [0.2, 0.25) is 4.11 Å². The minimum Gasteiger partial charge on any atom is -0.444 e. The van der Waals surface area contributed by atoms with Crippen LogP contribution in [0.2, 0.25) is 0 Å². The highest BCUT2D eigenvalue weighted by Gasteiger charge is 1.97. The highest BCUT2D eigenvalue weighted by atomic mass is 127. The molecular weight excluding hydrogens is 207 g/mol. The molecule has 0 aliphatic heterocycles. The van der Waals surface area contributed by atoms with Crippen LogP contribution in [-0.4, -0.2) is 5.97 Å². The van der Waals surface area contributed by atoms with Crippen molar-refractivity contribution in [3.8, 4) is 0 Å². The van der Waals surface area contributed by atoms with Crippen LogP contribution in [0.5, 0.6) is 0 Å². The Bertz CT molecular complexity index is 70.1. The summed E-state index contributed by atoms with van der Waals surface area (Å²) in [5.41, 5.74) is 0. The summed E-state index contributed by atoms with van der Waals surface area (Å²) in [6, 6.07) is 0. The molecule has 0 aliphatic carbocycles. The predicted octanol–water partition coefficient (Wildman–Crippen LogP) is 1.49. The van der Waals surface area contributed by atoms with Gasteiger partial charge < -0.3 is 4.74 Å². The molecular formula is C4H6IO2. The largest absolute Gasteiger partial charge is 0.444 e. The van der Waals surface area contributed by atoms with Crippen molar-refractivity contribution in [2.75, 3.05) is 0 Å². The summed E-state index contributed by atoms with van der Waals surface area (Å²) >= 11 is 1.93. The third-order valence-corrected chi connectivity index (χ3v) is 0.505. The van der Waals surface area contributed by atoms with E-state index in [0.29, 0.717) is 4.11 Å². The number of halogens is 1. The number of hydrogen-bond donors (Lipinski definition) is 0. The monoisotopic (exact) mass is 213 g/mol. The summed E-state index contributed by atoms with van der Waals surface area (Å²) in [6.07, 6.45) is 0. The van der Waals surface area contributed by atoms with E-state index < -0.39 is 0 Å². The topological polar surface area (TPSA) is 26.3 Å². The fourth-order valence-corrected chi connectivity index (χ4v) is 0.508. The second-order valence-electron chi connectivity index (χ2n) is 1.06. The van der Waals surface area contributed by atoms with E-state index in [4.69, 9.17) is 0 Å². The molecule has 0 aromatic carbocycles. The van der Waals surface area contributed by atoms with Crippen LogP contribution in [0.3, 0.4) is 0 Å². The van der Waals surface area contributed by atoms with Gasteiger partial charge in [-0.2, -0.15) is 0 Å². The summed E-state index contributed by atoms with van der Waals surface area (Å²) in [5, 5.41) is 0. The molecule has 3 heteroatoms. The van der Waals surface area contributed by atoms with Crippen LogP contribution in [0, 0.1) is 4.11 Å². The number of hydrogen-bond acceptors (Lipinski definition) is 2. The Morgan fingerprint density at radius 1 is 1.57 bits per heavy atom. The van der Waals surface area contributed by atoms with Gasteiger partial charge in [-0.25, -0.2) is 0 Å². The first kappa shape index (κ1) is 7.20. The van der Waals surface area contributed by atoms with Crippen molar-refractivity contribution in [3.63, 3.8) is 0 Å². The van der Waals surface area contributed by atoms with Crippen molar-refractivity contribution in [3.05, 3.63) is 4.11 Å². The number of rotatable bonds is 1. The lowest BCUT2D eigenvalue weighted by Crippen LogP contribution is -1.96. The van der Waals surface area contributed by atoms with Crippen molar-refractivity contribution in [2.24, 2.45) is 0 Å². The Morgan fingerprint density at radius 2 is 2.00 bits per heavy atom. The molecule has 0 spiro atoms. The first-order valence-electron chi connectivity index (χ1n) is 1.80. The standard InChI is InChI=1S/C4H6IO2/c1-3(5)7-4(2)6/h1-2H3. The van der Waals surface area contributed by atoms with Gasteiger partial charge in [0.25, 0.3) is 0 Å². The summed E-state index contributed by atoms with van der Waals surface area (Å²) in [6.45, 7) is 3.10. The van der Waals surface area contributed by atoms with Gasteiger partial charge in [-0.3, -0.25) is 4.79 Å². The summed E-state index contributed by atoms with van der Waals surface area (Å²) < 4.78 is 5.17. The molecule has 0 amide bonds. The number of carbonyl (C=O) groups excluding carboxylic acids is 1. The molecule has 0 N–H and O–H groups in total. The molecule has 0 atom stereocenters. The number of esters is 1. The van der Waals surface area contributed by atoms with Gasteiger partial charge in [-0.05, 0) is 29.5 Å². The molecule has 0 rings (SSSR count). The molecule has 0 fully saturated rings. The molecule has 0 aromatic rings. The highest BCUT2D eigenvalue weighted by molar-refractivity contribution is 14.1. The Labute approximate surface area is 56.4 Å². The van der Waals surface area contributed by atoms with Crippen LogP contribution < -0.4 is 0 Å². The van der Waals surface area contributed by atoms with E-state index in [1.807, 2.05) is 22.6 Å². The Hall–Kier alpha value is 0.200. The molecule has 7 heavy (non-hydrogen) atoms. The first-order valence-corrected chi connectivity index (χ1v) is 2.88. The minimum atomic E-state index is -0.257. The van der Waals surface area contributed by atoms with Crippen LogP contribution in [0.15, 0.2) is 0 Å². The Kier molecular flexibility index (Phi) is 3.33. The van der Waals surface area contributed by atoms with Crippen molar-refractivity contribution in [2.45, 2.75) is 13.8 Å². The highest BCUT2D eigenvalue weighted by Crippen LogP contribution is 2.09. The second kappa shape index (κ2) is 3.23. The average molecular weight is 213 g/mol. The number of carbonyl (C=O) groups is 1. The maximum absolute atomic E-state index is 10.0. The van der Waals surface area contributed by atoms with Gasteiger partial charge in [0, 0.05) is 6.92 Å². The van der Waals surface area contributed by atoms with Gasteiger partial charge in [0.05, 0.1) is 0 Å². The van der Waals surface area contributed by atoms with Gasteiger partial charge in [0.1, 0.15) is 0 Å². The van der Waals surface area contributed by atoms with E-state index in [9.17, 15) is 4.79 Å².